The summed E-state index contributed by atoms with van der Waals surface area (Å²) in [4.78, 5) is 11.4. The number of aromatic amines is 1. The highest BCUT2D eigenvalue weighted by Gasteiger charge is 2.27. The van der Waals surface area contributed by atoms with Gasteiger partial charge < -0.3 is 4.74 Å². The van der Waals surface area contributed by atoms with E-state index in [1.165, 1.54) is 12.8 Å². The van der Waals surface area contributed by atoms with Crippen LogP contribution in [0.5, 0.6) is 5.75 Å². The molecule has 2 aromatic heterocycles. The predicted octanol–water partition coefficient (Wildman–Crippen LogP) is 2.24. The number of nitrogens with zero attached hydrogens (tertiary/aromatic N) is 4. The summed E-state index contributed by atoms with van der Waals surface area (Å²) in [6, 6.07) is 4.14. The first kappa shape index (κ1) is 14.0. The number of aryl methyl sites for hydroxylation is 1. The minimum Gasteiger partial charge on any atom is -0.497 e. The summed E-state index contributed by atoms with van der Waals surface area (Å²) in [5.74, 6) is 2.62. The average molecular weight is 287 g/mol. The largest absolute Gasteiger partial charge is 0.497 e. The van der Waals surface area contributed by atoms with Crippen LogP contribution in [0.2, 0.25) is 0 Å². The molecule has 1 saturated heterocycles. The van der Waals surface area contributed by atoms with Crippen LogP contribution in [0.4, 0.5) is 0 Å². The second-order valence-corrected chi connectivity index (χ2v) is 5.45. The summed E-state index contributed by atoms with van der Waals surface area (Å²) in [5.41, 5.74) is 1.02. The van der Waals surface area contributed by atoms with Crippen molar-refractivity contribution in [3.63, 3.8) is 0 Å². The molecule has 112 valence electrons. The molecule has 1 fully saturated rings. The zero-order chi connectivity index (χ0) is 14.7. The van der Waals surface area contributed by atoms with Gasteiger partial charge in [-0.25, -0.2) is 4.98 Å². The van der Waals surface area contributed by atoms with Crippen LogP contribution in [0.3, 0.4) is 0 Å². The fraction of sp³-hybridized carbons (Fsp3) is 0.533. The summed E-state index contributed by atoms with van der Waals surface area (Å²) in [5, 5.41) is 7.29. The maximum atomic E-state index is 5.27. The molecule has 3 rings (SSSR count). The van der Waals surface area contributed by atoms with E-state index < -0.39 is 0 Å². The molecular formula is C15H21N5O. The highest BCUT2D eigenvalue weighted by Crippen LogP contribution is 2.30. The number of rotatable bonds is 4. The average Bonchev–Trinajstić information content (AvgIpc) is 2.94. The van der Waals surface area contributed by atoms with E-state index in [1.54, 1.807) is 13.3 Å². The maximum Gasteiger partial charge on any atom is 0.167 e. The summed E-state index contributed by atoms with van der Waals surface area (Å²) in [6.07, 6.45) is 5.33. The minimum absolute atomic E-state index is 0.275. The molecule has 3 heterocycles. The zero-order valence-electron chi connectivity index (χ0n) is 12.5. The molecule has 6 nitrogen and oxygen atoms in total. The number of H-pyrrole nitrogens is 1. The number of aromatic nitrogens is 4. The molecule has 6 heteroatoms. The van der Waals surface area contributed by atoms with E-state index >= 15 is 0 Å². The van der Waals surface area contributed by atoms with Crippen LogP contribution in [0.1, 0.15) is 42.6 Å². The SMILES string of the molecule is COc1ccnc(CN2CCCCC2c2n[nH]c(C)n2)c1. The molecule has 0 bridgehead atoms. The second-order valence-electron chi connectivity index (χ2n) is 5.45. The van der Waals surface area contributed by atoms with E-state index in [1.807, 2.05) is 19.1 Å². The molecule has 1 aliphatic rings. The molecular weight excluding hydrogens is 266 g/mol. The Morgan fingerprint density at radius 1 is 1.43 bits per heavy atom. The fourth-order valence-corrected chi connectivity index (χ4v) is 2.86. The summed E-state index contributed by atoms with van der Waals surface area (Å²) >= 11 is 0. The van der Waals surface area contributed by atoms with E-state index in [-0.39, 0.29) is 6.04 Å². The first-order chi connectivity index (χ1) is 10.3. The Morgan fingerprint density at radius 3 is 3.10 bits per heavy atom. The topological polar surface area (TPSA) is 66.9 Å². The third-order valence-corrected chi connectivity index (χ3v) is 3.92. The number of pyridine rings is 1. The van der Waals surface area contributed by atoms with Gasteiger partial charge in [-0.3, -0.25) is 15.0 Å². The van der Waals surface area contributed by atoms with Crippen molar-refractivity contribution in [3.8, 4) is 5.75 Å². The molecule has 0 radical (unpaired) electrons. The van der Waals surface area contributed by atoms with E-state index in [0.717, 1.165) is 42.6 Å². The number of hydrogen-bond acceptors (Lipinski definition) is 5. The summed E-state index contributed by atoms with van der Waals surface area (Å²) in [6.45, 7) is 3.79. The number of nitrogens with one attached hydrogen (secondary N) is 1. The lowest BCUT2D eigenvalue weighted by molar-refractivity contribution is 0.132. The van der Waals surface area contributed by atoms with Gasteiger partial charge in [0.25, 0.3) is 0 Å². The lowest BCUT2D eigenvalue weighted by atomic mass is 10.0. The zero-order valence-corrected chi connectivity index (χ0v) is 12.5. The first-order valence-corrected chi connectivity index (χ1v) is 7.38. The quantitative estimate of drug-likeness (QED) is 0.934. The highest BCUT2D eigenvalue weighted by atomic mass is 16.5. The standard InChI is InChI=1S/C15H21N5O/c1-11-17-15(19-18-11)14-5-3-4-8-20(14)10-12-9-13(21-2)6-7-16-12/h6-7,9,14H,3-5,8,10H2,1-2H3,(H,17,18,19). The van der Waals surface area contributed by atoms with Crippen LogP contribution < -0.4 is 4.74 Å². The van der Waals surface area contributed by atoms with Gasteiger partial charge in [0.15, 0.2) is 5.82 Å². The number of piperidine rings is 1. The molecule has 1 unspecified atom stereocenters. The van der Waals surface area contributed by atoms with E-state index in [0.29, 0.717) is 0 Å². The molecule has 1 aliphatic heterocycles. The predicted molar refractivity (Wildman–Crippen MR) is 78.9 cm³/mol. The van der Waals surface area contributed by atoms with Crippen LogP contribution in [0.15, 0.2) is 18.3 Å². The highest BCUT2D eigenvalue weighted by molar-refractivity contribution is 5.22. The van der Waals surface area contributed by atoms with Crippen LogP contribution in [0.25, 0.3) is 0 Å². The van der Waals surface area contributed by atoms with E-state index in [9.17, 15) is 0 Å². The van der Waals surface area contributed by atoms with Crippen LogP contribution in [-0.4, -0.2) is 38.7 Å². The van der Waals surface area contributed by atoms with Gasteiger partial charge in [-0.2, -0.15) is 5.10 Å². The molecule has 0 aliphatic carbocycles. The van der Waals surface area contributed by atoms with Crippen molar-refractivity contribution in [1.29, 1.82) is 0 Å². The molecule has 21 heavy (non-hydrogen) atoms. The molecule has 1 N–H and O–H groups in total. The Hall–Kier alpha value is -1.95. The molecule has 0 spiro atoms. The lowest BCUT2D eigenvalue weighted by Crippen LogP contribution is -2.33. The summed E-state index contributed by atoms with van der Waals surface area (Å²) in [7, 11) is 1.68. The van der Waals surface area contributed by atoms with Crippen molar-refractivity contribution in [1.82, 2.24) is 25.1 Å². The van der Waals surface area contributed by atoms with Gasteiger partial charge >= 0.3 is 0 Å². The van der Waals surface area contributed by atoms with Crippen molar-refractivity contribution in [2.24, 2.45) is 0 Å². The number of methoxy groups -OCH3 is 1. The molecule has 1 atom stereocenters. The normalized spacial score (nSPS) is 19.6. The Kier molecular flexibility index (Phi) is 4.15. The van der Waals surface area contributed by atoms with Gasteiger partial charge in [0, 0.05) is 18.8 Å². The van der Waals surface area contributed by atoms with Crippen molar-refractivity contribution < 1.29 is 4.74 Å². The maximum absolute atomic E-state index is 5.27. The Labute approximate surface area is 124 Å². The minimum atomic E-state index is 0.275. The number of ether oxygens (including phenoxy) is 1. The molecule has 0 amide bonds. The molecule has 0 saturated carbocycles. The summed E-state index contributed by atoms with van der Waals surface area (Å²) < 4.78 is 5.27. The Bertz CT molecular complexity index is 597. The lowest BCUT2D eigenvalue weighted by Gasteiger charge is -2.33. The van der Waals surface area contributed by atoms with Crippen LogP contribution in [0, 0.1) is 6.92 Å². The van der Waals surface area contributed by atoms with Gasteiger partial charge in [-0.15, -0.1) is 0 Å². The van der Waals surface area contributed by atoms with E-state index in [2.05, 4.69) is 25.1 Å². The van der Waals surface area contributed by atoms with Crippen LogP contribution >= 0.6 is 0 Å². The van der Waals surface area contributed by atoms with Gasteiger partial charge in [-0.1, -0.05) is 6.42 Å². The molecule has 2 aromatic rings. The third-order valence-electron chi connectivity index (χ3n) is 3.92. The molecule has 0 aromatic carbocycles. The van der Waals surface area contributed by atoms with Crippen molar-refractivity contribution in [2.45, 2.75) is 38.8 Å². The van der Waals surface area contributed by atoms with Crippen molar-refractivity contribution in [3.05, 3.63) is 35.7 Å². The van der Waals surface area contributed by atoms with Crippen molar-refractivity contribution >= 4 is 0 Å². The van der Waals surface area contributed by atoms with Gasteiger partial charge in [0.2, 0.25) is 0 Å². The number of likely N-dealkylation sites (tertiary alicyclic amines) is 1. The van der Waals surface area contributed by atoms with Crippen LogP contribution in [-0.2, 0) is 6.54 Å². The third kappa shape index (κ3) is 3.21. The smallest absolute Gasteiger partial charge is 0.167 e. The first-order valence-electron chi connectivity index (χ1n) is 7.38. The Morgan fingerprint density at radius 2 is 2.33 bits per heavy atom. The van der Waals surface area contributed by atoms with E-state index in [4.69, 9.17) is 4.74 Å². The van der Waals surface area contributed by atoms with Gasteiger partial charge in [0.1, 0.15) is 11.6 Å². The number of hydrogen-bond donors (Lipinski definition) is 1. The second kappa shape index (κ2) is 6.22. The Balaban J connectivity index is 1.77. The van der Waals surface area contributed by atoms with Gasteiger partial charge in [-0.05, 0) is 32.4 Å². The van der Waals surface area contributed by atoms with Crippen molar-refractivity contribution in [2.75, 3.05) is 13.7 Å². The monoisotopic (exact) mass is 287 g/mol. The van der Waals surface area contributed by atoms with Gasteiger partial charge in [0.05, 0.1) is 18.8 Å². The fourth-order valence-electron chi connectivity index (χ4n) is 2.86.